The number of nitrogens with one attached hydrogen (secondary N) is 1. The fourth-order valence-electron chi connectivity index (χ4n) is 2.73. The van der Waals surface area contributed by atoms with Gasteiger partial charge in [-0.1, -0.05) is 27.7 Å². The lowest BCUT2D eigenvalue weighted by Gasteiger charge is -2.36. The number of piperazine rings is 1. The van der Waals surface area contributed by atoms with Crippen LogP contribution in [0.1, 0.15) is 51.9 Å². The summed E-state index contributed by atoms with van der Waals surface area (Å²) in [5.74, 6) is 1.62. The van der Waals surface area contributed by atoms with Crippen molar-refractivity contribution in [3.63, 3.8) is 0 Å². The molecule has 136 valence electrons. The van der Waals surface area contributed by atoms with Gasteiger partial charge in [-0.05, 0) is 31.9 Å². The van der Waals surface area contributed by atoms with E-state index in [2.05, 4.69) is 33.9 Å². The average Bonchev–Trinajstić information content (AvgIpc) is 2.56. The zero-order chi connectivity index (χ0) is 18.1. The summed E-state index contributed by atoms with van der Waals surface area (Å²) in [4.78, 5) is 21.2. The summed E-state index contributed by atoms with van der Waals surface area (Å²) in [6.07, 6.45) is 1.67. The number of anilines is 1. The minimum atomic E-state index is -0.0594. The van der Waals surface area contributed by atoms with Crippen molar-refractivity contribution in [2.24, 2.45) is 5.92 Å². The smallest absolute Gasteiger partial charge is 0.253 e. The van der Waals surface area contributed by atoms with Crippen molar-refractivity contribution in [2.45, 2.75) is 47.6 Å². The lowest BCUT2D eigenvalue weighted by Crippen LogP contribution is -2.47. The normalized spacial score (nSPS) is 15.2. The van der Waals surface area contributed by atoms with Crippen molar-refractivity contribution in [1.29, 1.82) is 0 Å². The second-order valence-corrected chi connectivity index (χ2v) is 6.71. The average molecular weight is 335 g/mol. The van der Waals surface area contributed by atoms with Gasteiger partial charge in [0.25, 0.3) is 5.91 Å². The first kappa shape index (κ1) is 20.4. The standard InChI is InChI=1S/C17H28N4O.C2H6/c1-13(2)12-20-7-9-21(10-8-20)16-6-5-15(11-18-16)17(22)19-14(3)4;1-2/h5-6,11,13-14H,7-10,12H2,1-4H3,(H,19,22);1-2H3. The Kier molecular flexibility index (Phi) is 8.76. The van der Waals surface area contributed by atoms with E-state index in [4.69, 9.17) is 0 Å². The van der Waals surface area contributed by atoms with E-state index in [9.17, 15) is 4.79 Å². The molecule has 1 saturated heterocycles. The largest absolute Gasteiger partial charge is 0.354 e. The lowest BCUT2D eigenvalue weighted by atomic mass is 10.2. The van der Waals surface area contributed by atoms with Crippen molar-refractivity contribution in [3.8, 4) is 0 Å². The summed E-state index contributed by atoms with van der Waals surface area (Å²) in [5.41, 5.74) is 0.621. The molecule has 2 rings (SSSR count). The number of hydrogen-bond donors (Lipinski definition) is 1. The summed E-state index contributed by atoms with van der Waals surface area (Å²) < 4.78 is 0. The van der Waals surface area contributed by atoms with Crippen LogP contribution in [0.4, 0.5) is 5.82 Å². The van der Waals surface area contributed by atoms with Gasteiger partial charge in [-0.15, -0.1) is 0 Å². The highest BCUT2D eigenvalue weighted by Gasteiger charge is 2.18. The van der Waals surface area contributed by atoms with Crippen LogP contribution in [0.25, 0.3) is 0 Å². The van der Waals surface area contributed by atoms with Crippen LogP contribution >= 0.6 is 0 Å². The summed E-state index contributed by atoms with van der Waals surface area (Å²) in [6.45, 7) is 17.7. The molecule has 1 aliphatic heterocycles. The van der Waals surface area contributed by atoms with Gasteiger partial charge in [0.05, 0.1) is 5.56 Å². The molecule has 0 aliphatic carbocycles. The predicted molar refractivity (Wildman–Crippen MR) is 102 cm³/mol. The highest BCUT2D eigenvalue weighted by atomic mass is 16.1. The Morgan fingerprint density at radius 3 is 2.21 bits per heavy atom. The number of carbonyl (C=O) groups excluding carboxylic acids is 1. The Labute approximate surface area is 147 Å². The SMILES string of the molecule is CC.CC(C)CN1CCN(c2ccc(C(=O)NC(C)C)cn2)CC1. The van der Waals surface area contributed by atoms with Crippen LogP contribution in [0.5, 0.6) is 0 Å². The molecule has 5 nitrogen and oxygen atoms in total. The maximum Gasteiger partial charge on any atom is 0.253 e. The van der Waals surface area contributed by atoms with Crippen LogP contribution in [0.2, 0.25) is 0 Å². The first-order valence-electron chi connectivity index (χ1n) is 9.20. The van der Waals surface area contributed by atoms with Crippen LogP contribution < -0.4 is 10.2 Å². The van der Waals surface area contributed by atoms with E-state index in [0.717, 1.165) is 38.5 Å². The van der Waals surface area contributed by atoms with Crippen LogP contribution in [-0.2, 0) is 0 Å². The first-order chi connectivity index (χ1) is 11.5. The number of carbonyl (C=O) groups is 1. The second-order valence-electron chi connectivity index (χ2n) is 6.71. The van der Waals surface area contributed by atoms with Crippen molar-refractivity contribution in [3.05, 3.63) is 23.9 Å². The van der Waals surface area contributed by atoms with Crippen molar-refractivity contribution >= 4 is 11.7 Å². The monoisotopic (exact) mass is 334 g/mol. The van der Waals surface area contributed by atoms with E-state index >= 15 is 0 Å². The van der Waals surface area contributed by atoms with Crippen molar-refractivity contribution in [1.82, 2.24) is 15.2 Å². The van der Waals surface area contributed by atoms with Gasteiger partial charge in [0, 0.05) is 45.0 Å². The maximum atomic E-state index is 11.9. The quantitative estimate of drug-likeness (QED) is 0.899. The zero-order valence-corrected chi connectivity index (χ0v) is 16.2. The molecule has 1 aromatic rings. The Balaban J connectivity index is 0.00000139. The van der Waals surface area contributed by atoms with Crippen LogP contribution in [0.3, 0.4) is 0 Å². The van der Waals surface area contributed by atoms with E-state index in [1.807, 2.05) is 39.8 Å². The summed E-state index contributed by atoms with van der Waals surface area (Å²) in [5, 5.41) is 2.88. The molecule has 5 heteroatoms. The molecule has 1 amide bonds. The molecule has 1 aromatic heterocycles. The minimum absolute atomic E-state index is 0.0594. The van der Waals surface area contributed by atoms with Gasteiger partial charge < -0.3 is 10.2 Å². The van der Waals surface area contributed by atoms with Crippen LogP contribution in [-0.4, -0.2) is 54.6 Å². The molecule has 0 aromatic carbocycles. The number of nitrogens with zero attached hydrogens (tertiary/aromatic N) is 3. The lowest BCUT2D eigenvalue weighted by molar-refractivity contribution is 0.0943. The van der Waals surface area contributed by atoms with E-state index in [1.54, 1.807) is 6.20 Å². The molecule has 0 saturated carbocycles. The van der Waals surface area contributed by atoms with Crippen LogP contribution in [0, 0.1) is 5.92 Å². The molecule has 0 spiro atoms. The van der Waals surface area contributed by atoms with E-state index in [-0.39, 0.29) is 11.9 Å². The molecule has 1 N–H and O–H groups in total. The van der Waals surface area contributed by atoms with Gasteiger partial charge in [-0.25, -0.2) is 4.98 Å². The molecule has 2 heterocycles. The van der Waals surface area contributed by atoms with Crippen molar-refractivity contribution in [2.75, 3.05) is 37.6 Å². The fraction of sp³-hybridized carbons (Fsp3) is 0.684. The summed E-state index contributed by atoms with van der Waals surface area (Å²) in [7, 11) is 0. The third kappa shape index (κ3) is 6.48. The molecular formula is C19H34N4O. The van der Waals surface area contributed by atoms with E-state index in [1.165, 1.54) is 0 Å². The molecule has 24 heavy (non-hydrogen) atoms. The zero-order valence-electron chi connectivity index (χ0n) is 16.2. The molecule has 1 fully saturated rings. The number of aromatic nitrogens is 1. The number of rotatable bonds is 5. The number of pyridine rings is 1. The number of amides is 1. The maximum absolute atomic E-state index is 11.9. The molecule has 0 bridgehead atoms. The van der Waals surface area contributed by atoms with Gasteiger partial charge in [-0.3, -0.25) is 9.69 Å². The Morgan fingerprint density at radius 1 is 1.12 bits per heavy atom. The van der Waals surface area contributed by atoms with Crippen LogP contribution in [0.15, 0.2) is 18.3 Å². The predicted octanol–water partition coefficient (Wildman–Crippen LogP) is 3.02. The van der Waals surface area contributed by atoms with Crippen molar-refractivity contribution < 1.29 is 4.79 Å². The van der Waals surface area contributed by atoms with E-state index < -0.39 is 0 Å². The van der Waals surface area contributed by atoms with Gasteiger partial charge in [-0.2, -0.15) is 0 Å². The van der Waals surface area contributed by atoms with Gasteiger partial charge >= 0.3 is 0 Å². The van der Waals surface area contributed by atoms with Gasteiger partial charge in [0.15, 0.2) is 0 Å². The fourth-order valence-corrected chi connectivity index (χ4v) is 2.73. The van der Waals surface area contributed by atoms with Gasteiger partial charge in [0.2, 0.25) is 0 Å². The third-order valence-electron chi connectivity index (χ3n) is 3.75. The number of hydrogen-bond acceptors (Lipinski definition) is 4. The molecular weight excluding hydrogens is 300 g/mol. The molecule has 0 radical (unpaired) electrons. The summed E-state index contributed by atoms with van der Waals surface area (Å²) >= 11 is 0. The molecule has 0 atom stereocenters. The molecule has 0 unspecified atom stereocenters. The Hall–Kier alpha value is -1.62. The highest BCUT2D eigenvalue weighted by Crippen LogP contribution is 2.15. The topological polar surface area (TPSA) is 48.5 Å². The first-order valence-corrected chi connectivity index (χ1v) is 9.20. The van der Waals surface area contributed by atoms with E-state index in [0.29, 0.717) is 11.5 Å². The molecule has 1 aliphatic rings. The Morgan fingerprint density at radius 2 is 1.75 bits per heavy atom. The van der Waals surface area contributed by atoms with Gasteiger partial charge in [0.1, 0.15) is 5.82 Å². The Bertz CT molecular complexity index is 477. The summed E-state index contributed by atoms with van der Waals surface area (Å²) in [6, 6.07) is 3.95. The third-order valence-corrected chi connectivity index (χ3v) is 3.75. The highest BCUT2D eigenvalue weighted by molar-refractivity contribution is 5.94. The second kappa shape index (κ2) is 10.3. The minimum Gasteiger partial charge on any atom is -0.354 e.